The number of ether oxygens (including phenoxy) is 2. The van der Waals surface area contributed by atoms with Crippen LogP contribution in [0.1, 0.15) is 5.56 Å². The molecule has 0 aliphatic carbocycles. The van der Waals surface area contributed by atoms with Crippen LogP contribution in [0.5, 0.6) is 11.5 Å². The van der Waals surface area contributed by atoms with E-state index in [-0.39, 0.29) is 0 Å². The molecule has 0 aliphatic heterocycles. The van der Waals surface area contributed by atoms with Gasteiger partial charge in [-0.25, -0.2) is 0 Å². The van der Waals surface area contributed by atoms with Crippen LogP contribution in [0.15, 0.2) is 59.7 Å². The highest BCUT2D eigenvalue weighted by atomic mass is 28.3. The summed E-state index contributed by atoms with van der Waals surface area (Å²) in [4.78, 5) is 4.51. The predicted molar refractivity (Wildman–Crippen MR) is 121 cm³/mol. The lowest BCUT2D eigenvalue weighted by molar-refractivity contribution is 0.155. The van der Waals surface area contributed by atoms with Gasteiger partial charge in [0, 0.05) is 26.3 Å². The number of nitrogen functional groups attached to an aromatic ring is 2. The minimum absolute atomic E-state index is 0.313. The molecule has 0 spiro atoms. The smallest absolute Gasteiger partial charge is 0.138 e. The van der Waals surface area contributed by atoms with Crippen LogP contribution in [0.25, 0.3) is 0 Å². The van der Waals surface area contributed by atoms with Gasteiger partial charge in [-0.1, -0.05) is 19.6 Å². The molecule has 0 aromatic heterocycles. The third kappa shape index (κ3) is 7.09. The van der Waals surface area contributed by atoms with E-state index < -0.39 is 8.07 Å². The standard InChI is InChI=1S/C21H30N4O2Si/c1-28(2,3)13-12-26-15-25-21(10-11-22)16-4-6-17(7-5-16)27-18-8-9-19(23)20(24)14-18/h4-11,14H,12-13,15,22-24H2,1-3H3/b11-10-,25-21-. The number of benzene rings is 2. The Labute approximate surface area is 168 Å². The van der Waals surface area contributed by atoms with Crippen molar-refractivity contribution in [2.75, 3.05) is 24.8 Å². The number of hydrogen-bond acceptors (Lipinski definition) is 6. The van der Waals surface area contributed by atoms with Gasteiger partial charge in [-0.3, -0.25) is 4.99 Å². The van der Waals surface area contributed by atoms with Crippen molar-refractivity contribution in [2.45, 2.75) is 25.7 Å². The van der Waals surface area contributed by atoms with Crippen molar-refractivity contribution in [2.24, 2.45) is 10.7 Å². The van der Waals surface area contributed by atoms with Gasteiger partial charge in [0.1, 0.15) is 18.2 Å². The van der Waals surface area contributed by atoms with Gasteiger partial charge in [-0.15, -0.1) is 0 Å². The van der Waals surface area contributed by atoms with Crippen molar-refractivity contribution >= 4 is 25.2 Å². The molecule has 2 aromatic carbocycles. The van der Waals surface area contributed by atoms with Gasteiger partial charge in [0.05, 0.1) is 17.1 Å². The van der Waals surface area contributed by atoms with Crippen molar-refractivity contribution in [3.05, 3.63) is 60.3 Å². The molecule has 7 heteroatoms. The first-order valence-electron chi connectivity index (χ1n) is 9.22. The molecule has 28 heavy (non-hydrogen) atoms. The Hall–Kier alpha value is -2.77. The van der Waals surface area contributed by atoms with Gasteiger partial charge in [-0.05, 0) is 54.7 Å². The third-order valence-electron chi connectivity index (χ3n) is 4.02. The number of aliphatic imine (C=N–C) groups is 1. The fourth-order valence-electron chi connectivity index (χ4n) is 2.34. The topological polar surface area (TPSA) is 109 Å². The Morgan fingerprint density at radius 1 is 1.00 bits per heavy atom. The Kier molecular flexibility index (Phi) is 7.66. The van der Waals surface area contributed by atoms with Crippen LogP contribution in [-0.4, -0.2) is 27.1 Å². The van der Waals surface area contributed by atoms with Crippen molar-refractivity contribution in [1.29, 1.82) is 0 Å². The summed E-state index contributed by atoms with van der Waals surface area (Å²) in [6.07, 6.45) is 3.24. The molecule has 0 heterocycles. The monoisotopic (exact) mass is 398 g/mol. The Balaban J connectivity index is 2.01. The fourth-order valence-corrected chi connectivity index (χ4v) is 3.09. The highest BCUT2D eigenvalue weighted by Gasteiger charge is 2.11. The predicted octanol–water partition coefficient (Wildman–Crippen LogP) is 4.22. The van der Waals surface area contributed by atoms with Crippen molar-refractivity contribution in [3.8, 4) is 11.5 Å². The highest BCUT2D eigenvalue weighted by Crippen LogP contribution is 2.26. The zero-order valence-corrected chi connectivity index (χ0v) is 17.8. The zero-order chi connectivity index (χ0) is 20.6. The molecule has 6 nitrogen and oxygen atoms in total. The molecule has 0 atom stereocenters. The zero-order valence-electron chi connectivity index (χ0n) is 16.8. The number of hydrogen-bond donors (Lipinski definition) is 3. The number of nitrogens with two attached hydrogens (primary N) is 3. The van der Waals surface area contributed by atoms with Crippen LogP contribution in [0, 0.1) is 0 Å². The van der Waals surface area contributed by atoms with Gasteiger partial charge in [-0.2, -0.15) is 0 Å². The fraction of sp³-hybridized carbons (Fsp3) is 0.286. The van der Waals surface area contributed by atoms with Crippen LogP contribution in [-0.2, 0) is 4.74 Å². The molecular weight excluding hydrogens is 368 g/mol. The van der Waals surface area contributed by atoms with Gasteiger partial charge in [0.2, 0.25) is 0 Å². The Morgan fingerprint density at radius 2 is 1.68 bits per heavy atom. The highest BCUT2D eigenvalue weighted by molar-refractivity contribution is 6.76. The maximum atomic E-state index is 5.81. The first-order valence-corrected chi connectivity index (χ1v) is 12.9. The first kappa shape index (κ1) is 21.5. The lowest BCUT2D eigenvalue weighted by atomic mass is 10.1. The van der Waals surface area contributed by atoms with Crippen LogP contribution < -0.4 is 21.9 Å². The number of rotatable bonds is 9. The number of anilines is 2. The second-order valence-corrected chi connectivity index (χ2v) is 13.3. The third-order valence-corrected chi connectivity index (χ3v) is 5.72. The summed E-state index contributed by atoms with van der Waals surface area (Å²) in [6, 6.07) is 13.9. The van der Waals surface area contributed by atoms with E-state index in [4.69, 9.17) is 26.7 Å². The van der Waals surface area contributed by atoms with Crippen molar-refractivity contribution in [3.63, 3.8) is 0 Å². The molecule has 0 saturated carbocycles. The van der Waals surface area contributed by atoms with E-state index in [2.05, 4.69) is 24.6 Å². The number of nitrogens with zero attached hydrogens (tertiary/aromatic N) is 1. The van der Waals surface area contributed by atoms with Crippen LogP contribution in [0.4, 0.5) is 11.4 Å². The SMILES string of the molecule is C[Si](C)(C)CCOC/N=C(/C=C\N)c1ccc(Oc2ccc(N)c(N)c2)cc1. The molecule has 150 valence electrons. The molecule has 2 rings (SSSR count). The Bertz CT molecular complexity index is 827. The second kappa shape index (κ2) is 9.96. The van der Waals surface area contributed by atoms with Crippen molar-refractivity contribution < 1.29 is 9.47 Å². The summed E-state index contributed by atoms with van der Waals surface area (Å²) in [5, 5.41) is 0. The van der Waals surface area contributed by atoms with E-state index in [1.807, 2.05) is 24.3 Å². The minimum atomic E-state index is -1.10. The first-order chi connectivity index (χ1) is 13.3. The molecule has 0 amide bonds. The van der Waals surface area contributed by atoms with E-state index in [1.165, 1.54) is 6.20 Å². The molecule has 0 saturated heterocycles. The van der Waals surface area contributed by atoms with E-state index in [0.29, 0.717) is 29.6 Å². The van der Waals surface area contributed by atoms with Crippen molar-refractivity contribution in [1.82, 2.24) is 0 Å². The molecule has 2 aromatic rings. The van der Waals surface area contributed by atoms with Gasteiger partial charge >= 0.3 is 0 Å². The summed E-state index contributed by atoms with van der Waals surface area (Å²) in [7, 11) is -1.10. The maximum absolute atomic E-state index is 5.81. The average molecular weight is 399 g/mol. The maximum Gasteiger partial charge on any atom is 0.138 e. The molecular formula is C21H30N4O2Si. The molecule has 0 unspecified atom stereocenters. The quantitative estimate of drug-likeness (QED) is 0.254. The van der Waals surface area contributed by atoms with Gasteiger partial charge < -0.3 is 26.7 Å². The molecule has 0 fully saturated rings. The van der Waals surface area contributed by atoms with Crippen LogP contribution in [0.3, 0.4) is 0 Å². The van der Waals surface area contributed by atoms with Gasteiger partial charge in [0.15, 0.2) is 0 Å². The summed E-state index contributed by atoms with van der Waals surface area (Å²) in [6.45, 7) is 8.02. The molecule has 6 N–H and O–H groups in total. The average Bonchev–Trinajstić information content (AvgIpc) is 2.63. The van der Waals surface area contributed by atoms with E-state index in [1.54, 1.807) is 24.3 Å². The Morgan fingerprint density at radius 3 is 2.29 bits per heavy atom. The molecule has 0 aliphatic rings. The lowest BCUT2D eigenvalue weighted by Gasteiger charge is -2.14. The normalized spacial score (nSPS) is 12.5. The van der Waals surface area contributed by atoms with E-state index in [9.17, 15) is 0 Å². The summed E-state index contributed by atoms with van der Waals surface area (Å²) >= 11 is 0. The summed E-state index contributed by atoms with van der Waals surface area (Å²) in [5.41, 5.74) is 19.8. The van der Waals surface area contributed by atoms with Crippen LogP contribution in [0.2, 0.25) is 25.7 Å². The van der Waals surface area contributed by atoms with E-state index in [0.717, 1.165) is 23.9 Å². The summed E-state index contributed by atoms with van der Waals surface area (Å²) < 4.78 is 11.5. The largest absolute Gasteiger partial charge is 0.457 e. The lowest BCUT2D eigenvalue weighted by Crippen LogP contribution is -2.21. The number of allylic oxidation sites excluding steroid dienone is 1. The van der Waals surface area contributed by atoms with E-state index >= 15 is 0 Å². The summed E-state index contributed by atoms with van der Waals surface area (Å²) in [5.74, 6) is 1.32. The van der Waals surface area contributed by atoms with Gasteiger partial charge in [0.25, 0.3) is 0 Å². The molecule has 0 bridgehead atoms. The van der Waals surface area contributed by atoms with Crippen LogP contribution >= 0.6 is 0 Å². The molecule has 0 radical (unpaired) electrons. The second-order valence-electron chi connectivity index (χ2n) is 7.67. The minimum Gasteiger partial charge on any atom is -0.457 e.